The molecule has 6 heteroatoms. The third kappa shape index (κ3) is 4.59. The minimum atomic E-state index is -0.00868. The van der Waals surface area contributed by atoms with Crippen molar-refractivity contribution in [1.82, 2.24) is 0 Å². The summed E-state index contributed by atoms with van der Waals surface area (Å²) in [6.45, 7) is 5.71. The number of hydrogen-bond acceptors (Lipinski definition) is 3. The molecule has 6 nitrogen and oxygen atoms in total. The standard InChI is InChI=1S/C13H21N5O/c1-3-18(6-7-19)12-5-4-11(10(2)8-12)9-16-17-13(14)15/h4-5,8-9,19H,3,6-7H2,1-2H3,(H4,14,15,17)/p+1/b16-9-. The third-order valence-corrected chi connectivity index (χ3v) is 2.78. The summed E-state index contributed by atoms with van der Waals surface area (Å²) >= 11 is 0. The summed E-state index contributed by atoms with van der Waals surface area (Å²) in [6, 6.07) is 6.07. The molecule has 0 aliphatic rings. The Bertz CT molecular complexity index is 466. The van der Waals surface area contributed by atoms with E-state index in [0.29, 0.717) is 6.54 Å². The van der Waals surface area contributed by atoms with Gasteiger partial charge >= 0.3 is 0 Å². The van der Waals surface area contributed by atoms with E-state index in [9.17, 15) is 0 Å². The molecule has 0 saturated carbocycles. The first kappa shape index (κ1) is 15.0. The number of guanidine groups is 1. The zero-order valence-electron chi connectivity index (χ0n) is 11.4. The summed E-state index contributed by atoms with van der Waals surface area (Å²) in [5.41, 5.74) is 13.7. The van der Waals surface area contributed by atoms with Crippen molar-refractivity contribution in [2.45, 2.75) is 13.8 Å². The van der Waals surface area contributed by atoms with Crippen LogP contribution in [-0.2, 0) is 0 Å². The Labute approximate surface area is 113 Å². The Morgan fingerprint density at radius 2 is 2.21 bits per heavy atom. The van der Waals surface area contributed by atoms with Crippen LogP contribution in [0.25, 0.3) is 0 Å². The molecule has 0 amide bonds. The molecule has 0 spiro atoms. The summed E-state index contributed by atoms with van der Waals surface area (Å²) in [7, 11) is 0. The fraction of sp³-hybridized carbons (Fsp3) is 0.385. The van der Waals surface area contributed by atoms with Crippen LogP contribution in [0.1, 0.15) is 18.1 Å². The van der Waals surface area contributed by atoms with Gasteiger partial charge in [0.25, 0.3) is 5.96 Å². The summed E-state index contributed by atoms with van der Waals surface area (Å²) in [5, 5.41) is 15.4. The van der Waals surface area contributed by atoms with E-state index >= 15 is 0 Å². The summed E-state index contributed by atoms with van der Waals surface area (Å²) in [5.74, 6) is -0.00868. The number of aryl methyl sites for hydroxylation is 1. The van der Waals surface area contributed by atoms with Crippen LogP contribution in [-0.4, -0.2) is 37.0 Å². The average molecular weight is 264 g/mol. The van der Waals surface area contributed by atoms with Crippen molar-refractivity contribution >= 4 is 17.9 Å². The van der Waals surface area contributed by atoms with Crippen LogP contribution in [0.15, 0.2) is 23.3 Å². The highest BCUT2D eigenvalue weighted by Gasteiger charge is 2.06. The van der Waals surface area contributed by atoms with Gasteiger partial charge in [0.1, 0.15) is 0 Å². The van der Waals surface area contributed by atoms with Gasteiger partial charge in [-0.05, 0) is 37.6 Å². The smallest absolute Gasteiger partial charge is 0.256 e. The van der Waals surface area contributed by atoms with E-state index in [1.54, 1.807) is 6.21 Å². The molecule has 0 bridgehead atoms. The average Bonchev–Trinajstić information content (AvgIpc) is 2.37. The quantitative estimate of drug-likeness (QED) is 0.285. The second kappa shape index (κ2) is 7.38. The van der Waals surface area contributed by atoms with Crippen molar-refractivity contribution in [2.24, 2.45) is 16.6 Å². The lowest BCUT2D eigenvalue weighted by Crippen LogP contribution is -2.63. The minimum Gasteiger partial charge on any atom is -0.395 e. The lowest BCUT2D eigenvalue weighted by molar-refractivity contribution is -0.456. The van der Waals surface area contributed by atoms with Crippen LogP contribution in [0.2, 0.25) is 0 Å². The number of anilines is 1. The molecule has 1 rings (SSSR count). The van der Waals surface area contributed by atoms with Gasteiger partial charge in [-0.15, -0.1) is 5.10 Å². The predicted molar refractivity (Wildman–Crippen MR) is 78.1 cm³/mol. The summed E-state index contributed by atoms with van der Waals surface area (Å²) in [6.07, 6.45) is 1.74. The number of nitrogens with one attached hydrogen (secondary N) is 1. The topological polar surface area (TPSA) is 102 Å². The van der Waals surface area contributed by atoms with Gasteiger partial charge in [0, 0.05) is 29.4 Å². The number of likely N-dealkylation sites (N-methyl/N-ethyl adjacent to an activating group) is 1. The molecule has 104 valence electrons. The molecular formula is C13H22N5O+. The monoisotopic (exact) mass is 264 g/mol. The molecule has 1 aromatic carbocycles. The van der Waals surface area contributed by atoms with Gasteiger partial charge < -0.3 is 21.5 Å². The highest BCUT2D eigenvalue weighted by molar-refractivity contribution is 5.79. The number of aliphatic hydroxyl groups is 1. The van der Waals surface area contributed by atoms with Crippen LogP contribution >= 0.6 is 0 Å². The maximum Gasteiger partial charge on any atom is 0.256 e. The molecule has 0 fully saturated rings. The SMILES string of the molecule is CCN(CCO)c1ccc(/C=[NH+]\N=C(N)N)c(C)c1. The molecule has 0 atom stereocenters. The van der Waals surface area contributed by atoms with Gasteiger partial charge in [0.05, 0.1) is 6.61 Å². The van der Waals surface area contributed by atoms with Crippen molar-refractivity contribution in [3.05, 3.63) is 29.3 Å². The number of nitrogens with two attached hydrogens (primary N) is 2. The number of rotatable bonds is 6. The van der Waals surface area contributed by atoms with Gasteiger partial charge in [-0.1, -0.05) is 0 Å². The maximum absolute atomic E-state index is 9.02. The summed E-state index contributed by atoms with van der Waals surface area (Å²) < 4.78 is 0. The molecule has 1 aromatic rings. The van der Waals surface area contributed by atoms with Crippen molar-refractivity contribution < 1.29 is 10.2 Å². The molecule has 0 saturated heterocycles. The van der Waals surface area contributed by atoms with E-state index in [2.05, 4.69) is 28.1 Å². The van der Waals surface area contributed by atoms with Crippen LogP contribution in [0.5, 0.6) is 0 Å². The van der Waals surface area contributed by atoms with Crippen molar-refractivity contribution in [3.8, 4) is 0 Å². The Morgan fingerprint density at radius 1 is 1.47 bits per heavy atom. The Hall–Kier alpha value is -2.08. The second-order valence-electron chi connectivity index (χ2n) is 4.15. The van der Waals surface area contributed by atoms with Gasteiger partial charge in [-0.2, -0.15) is 0 Å². The number of hydrazone groups is 1. The van der Waals surface area contributed by atoms with Crippen LogP contribution < -0.4 is 21.5 Å². The number of benzene rings is 1. The van der Waals surface area contributed by atoms with E-state index in [1.165, 1.54) is 0 Å². The molecule has 0 aliphatic carbocycles. The van der Waals surface area contributed by atoms with E-state index < -0.39 is 0 Å². The fourth-order valence-electron chi connectivity index (χ4n) is 1.79. The van der Waals surface area contributed by atoms with E-state index in [1.807, 2.05) is 19.1 Å². The van der Waals surface area contributed by atoms with Crippen molar-refractivity contribution in [1.29, 1.82) is 0 Å². The first-order valence-corrected chi connectivity index (χ1v) is 6.22. The van der Waals surface area contributed by atoms with Crippen LogP contribution in [0.4, 0.5) is 5.69 Å². The molecule has 19 heavy (non-hydrogen) atoms. The zero-order valence-corrected chi connectivity index (χ0v) is 11.4. The van der Waals surface area contributed by atoms with Gasteiger partial charge in [-0.3, -0.25) is 0 Å². The highest BCUT2D eigenvalue weighted by Crippen LogP contribution is 2.17. The first-order chi connectivity index (χ1) is 9.08. The molecule has 0 unspecified atom stereocenters. The Morgan fingerprint density at radius 3 is 2.74 bits per heavy atom. The van der Waals surface area contributed by atoms with E-state index in [-0.39, 0.29) is 12.6 Å². The number of aliphatic hydroxyl groups excluding tert-OH is 1. The zero-order chi connectivity index (χ0) is 14.3. The first-order valence-electron chi connectivity index (χ1n) is 6.22. The molecule has 0 aliphatic heterocycles. The molecule has 0 heterocycles. The van der Waals surface area contributed by atoms with Crippen LogP contribution in [0.3, 0.4) is 0 Å². The molecule has 0 radical (unpaired) electrons. The molecular weight excluding hydrogens is 242 g/mol. The second-order valence-corrected chi connectivity index (χ2v) is 4.15. The predicted octanol–water partition coefficient (Wildman–Crippen LogP) is -1.50. The van der Waals surface area contributed by atoms with E-state index in [0.717, 1.165) is 23.4 Å². The fourth-order valence-corrected chi connectivity index (χ4v) is 1.79. The van der Waals surface area contributed by atoms with Crippen molar-refractivity contribution in [3.63, 3.8) is 0 Å². The molecule has 0 aromatic heterocycles. The third-order valence-electron chi connectivity index (χ3n) is 2.78. The van der Waals surface area contributed by atoms with Crippen LogP contribution in [0, 0.1) is 6.92 Å². The van der Waals surface area contributed by atoms with Gasteiger partial charge in [-0.25, -0.2) is 0 Å². The Kier molecular flexibility index (Phi) is 5.81. The lowest BCUT2D eigenvalue weighted by atomic mass is 10.1. The van der Waals surface area contributed by atoms with Gasteiger partial charge in [0.2, 0.25) is 6.21 Å². The van der Waals surface area contributed by atoms with E-state index in [4.69, 9.17) is 16.6 Å². The maximum atomic E-state index is 9.02. The number of nitrogens with zero attached hydrogens (tertiary/aromatic N) is 2. The summed E-state index contributed by atoms with van der Waals surface area (Å²) in [4.78, 5) is 2.11. The number of hydrogen-bond donors (Lipinski definition) is 4. The van der Waals surface area contributed by atoms with Gasteiger partial charge in [0.15, 0.2) is 0 Å². The van der Waals surface area contributed by atoms with Crippen molar-refractivity contribution in [2.75, 3.05) is 24.6 Å². The Balaban J connectivity index is 2.90. The lowest BCUT2D eigenvalue weighted by Gasteiger charge is -2.22. The molecule has 6 N–H and O–H groups in total. The minimum absolute atomic E-state index is 0.00868. The normalized spacial score (nSPS) is 10.7. The highest BCUT2D eigenvalue weighted by atomic mass is 16.3. The largest absolute Gasteiger partial charge is 0.395 e.